The molecule has 2 rings (SSSR count). The number of benzene rings is 1. The van der Waals surface area contributed by atoms with Gasteiger partial charge < -0.3 is 0 Å². The molecule has 0 saturated carbocycles. The Kier molecular flexibility index (Phi) is 5.66. The number of aryl methyl sites for hydroxylation is 1. The third-order valence-corrected chi connectivity index (χ3v) is 4.72. The van der Waals surface area contributed by atoms with Crippen molar-refractivity contribution >= 4 is 40.0 Å². The number of hydrogen-bond donors (Lipinski definition) is 1. The highest BCUT2D eigenvalue weighted by Crippen LogP contribution is 2.39. The van der Waals surface area contributed by atoms with E-state index in [-0.39, 0.29) is 38.6 Å². The average Bonchev–Trinajstić information content (AvgIpc) is 2.81. The van der Waals surface area contributed by atoms with Gasteiger partial charge in [0.1, 0.15) is 28.3 Å². The molecule has 1 aromatic heterocycles. The fourth-order valence-electron chi connectivity index (χ4n) is 2.03. The molecule has 0 aliphatic carbocycles. The van der Waals surface area contributed by atoms with Gasteiger partial charge in [0.05, 0.1) is 21.3 Å². The standard InChI is InChI=1S/C14H11Cl2F3N4OS/c1-3-25(24)22-13-9(6-20)7(2)21-23(13)12-10(15)4-8(5-11(12)16)14(17,18)19/h4-5,22H,3H2,1-2H3. The van der Waals surface area contributed by atoms with Crippen LogP contribution in [-0.2, 0) is 17.2 Å². The predicted molar refractivity (Wildman–Crippen MR) is 90.3 cm³/mol. The van der Waals surface area contributed by atoms with E-state index in [0.717, 1.165) is 4.68 Å². The molecule has 0 bridgehead atoms. The summed E-state index contributed by atoms with van der Waals surface area (Å²) < 4.78 is 54.1. The van der Waals surface area contributed by atoms with Crippen LogP contribution in [0.2, 0.25) is 10.0 Å². The Morgan fingerprint density at radius 2 is 1.92 bits per heavy atom. The van der Waals surface area contributed by atoms with Crippen molar-refractivity contribution in [1.82, 2.24) is 9.78 Å². The van der Waals surface area contributed by atoms with Crippen molar-refractivity contribution < 1.29 is 17.4 Å². The Morgan fingerprint density at radius 3 is 2.36 bits per heavy atom. The van der Waals surface area contributed by atoms with Crippen molar-refractivity contribution in [3.63, 3.8) is 0 Å². The summed E-state index contributed by atoms with van der Waals surface area (Å²) in [6.45, 7) is 3.18. The molecule has 1 atom stereocenters. The van der Waals surface area contributed by atoms with Gasteiger partial charge in [0, 0.05) is 5.75 Å². The molecule has 1 N–H and O–H groups in total. The van der Waals surface area contributed by atoms with Crippen molar-refractivity contribution in [3.8, 4) is 11.8 Å². The highest BCUT2D eigenvalue weighted by atomic mass is 35.5. The van der Waals surface area contributed by atoms with Crippen LogP contribution in [0.1, 0.15) is 23.7 Å². The lowest BCUT2D eigenvalue weighted by atomic mass is 10.2. The van der Waals surface area contributed by atoms with Gasteiger partial charge >= 0.3 is 6.18 Å². The largest absolute Gasteiger partial charge is 0.416 e. The molecule has 0 saturated heterocycles. The minimum Gasteiger partial charge on any atom is -0.288 e. The number of nitriles is 1. The number of halogens is 5. The summed E-state index contributed by atoms with van der Waals surface area (Å²) in [5.74, 6) is 0.285. The Hall–Kier alpha value is -1.76. The first kappa shape index (κ1) is 19.6. The summed E-state index contributed by atoms with van der Waals surface area (Å²) in [4.78, 5) is 0. The predicted octanol–water partition coefficient (Wildman–Crippen LogP) is 4.47. The highest BCUT2D eigenvalue weighted by Gasteiger charge is 2.33. The van der Waals surface area contributed by atoms with E-state index in [9.17, 15) is 22.6 Å². The Morgan fingerprint density at radius 1 is 1.36 bits per heavy atom. The maximum atomic E-state index is 12.9. The maximum absolute atomic E-state index is 12.9. The van der Waals surface area contributed by atoms with Crippen LogP contribution in [-0.4, -0.2) is 19.7 Å². The van der Waals surface area contributed by atoms with Crippen molar-refractivity contribution in [1.29, 1.82) is 5.26 Å². The molecule has 0 spiro atoms. The van der Waals surface area contributed by atoms with Gasteiger partial charge in [-0.15, -0.1) is 0 Å². The number of nitrogens with one attached hydrogen (secondary N) is 1. The fraction of sp³-hybridized carbons (Fsp3) is 0.286. The van der Waals surface area contributed by atoms with Crippen LogP contribution in [0.15, 0.2) is 12.1 Å². The minimum absolute atomic E-state index is 0.0449. The fourth-order valence-corrected chi connectivity index (χ4v) is 3.22. The summed E-state index contributed by atoms with van der Waals surface area (Å²) in [5.41, 5.74) is -0.683. The second-order valence-electron chi connectivity index (χ2n) is 4.86. The van der Waals surface area contributed by atoms with Gasteiger partial charge in [-0.1, -0.05) is 30.1 Å². The number of alkyl halides is 3. The molecule has 0 aliphatic heterocycles. The number of rotatable bonds is 4. The van der Waals surface area contributed by atoms with Crippen molar-refractivity contribution in [2.24, 2.45) is 0 Å². The number of nitrogens with zero attached hydrogens (tertiary/aromatic N) is 3. The number of hydrogen-bond acceptors (Lipinski definition) is 3. The average molecular weight is 411 g/mol. The Balaban J connectivity index is 2.71. The quantitative estimate of drug-likeness (QED) is 0.807. The van der Waals surface area contributed by atoms with Crippen LogP contribution in [0.5, 0.6) is 0 Å². The van der Waals surface area contributed by atoms with Gasteiger partial charge in [-0.05, 0) is 19.1 Å². The lowest BCUT2D eigenvalue weighted by molar-refractivity contribution is -0.137. The second-order valence-corrected chi connectivity index (χ2v) is 7.14. The molecular formula is C14H11Cl2F3N4OS. The van der Waals surface area contributed by atoms with Crippen molar-refractivity contribution in [2.45, 2.75) is 20.0 Å². The molecule has 5 nitrogen and oxygen atoms in total. The number of anilines is 1. The number of aromatic nitrogens is 2. The van der Waals surface area contributed by atoms with E-state index in [1.165, 1.54) is 6.92 Å². The lowest BCUT2D eigenvalue weighted by Gasteiger charge is -2.14. The zero-order chi connectivity index (χ0) is 18.9. The zero-order valence-corrected chi connectivity index (χ0v) is 15.2. The molecule has 2 aromatic rings. The Bertz CT molecular complexity index is 866. The SMILES string of the molecule is CCS(=O)Nc1c(C#N)c(C)nn1-c1c(Cl)cc(C(F)(F)F)cc1Cl. The topological polar surface area (TPSA) is 70.7 Å². The summed E-state index contributed by atoms with van der Waals surface area (Å²) in [7, 11) is -1.52. The third kappa shape index (κ3) is 3.92. The molecule has 0 aliphatic rings. The molecule has 25 heavy (non-hydrogen) atoms. The zero-order valence-electron chi connectivity index (χ0n) is 12.9. The van der Waals surface area contributed by atoms with Crippen LogP contribution in [0.25, 0.3) is 5.69 Å². The van der Waals surface area contributed by atoms with Gasteiger partial charge in [0.2, 0.25) is 0 Å². The molecule has 0 fully saturated rings. The van der Waals surface area contributed by atoms with Gasteiger partial charge in [0.25, 0.3) is 0 Å². The molecule has 134 valence electrons. The van der Waals surface area contributed by atoms with Crippen molar-refractivity contribution in [3.05, 3.63) is 39.0 Å². The molecule has 1 unspecified atom stereocenters. The van der Waals surface area contributed by atoms with E-state index in [1.54, 1.807) is 6.92 Å². The highest BCUT2D eigenvalue weighted by molar-refractivity contribution is 7.86. The smallest absolute Gasteiger partial charge is 0.288 e. The molecule has 1 aromatic carbocycles. The first-order valence-corrected chi connectivity index (χ1v) is 8.89. The van der Waals surface area contributed by atoms with Crippen LogP contribution in [0, 0.1) is 18.3 Å². The molecule has 0 radical (unpaired) electrons. The molecule has 1 heterocycles. The van der Waals surface area contributed by atoms with Crippen molar-refractivity contribution in [2.75, 3.05) is 10.5 Å². The molecule has 11 heteroatoms. The van der Waals surface area contributed by atoms with E-state index in [2.05, 4.69) is 9.82 Å². The van der Waals surface area contributed by atoms with E-state index in [0.29, 0.717) is 12.1 Å². The van der Waals surface area contributed by atoms with Crippen LogP contribution >= 0.6 is 23.2 Å². The van der Waals surface area contributed by atoms with Crippen LogP contribution in [0.4, 0.5) is 19.0 Å². The maximum Gasteiger partial charge on any atom is 0.416 e. The van der Waals surface area contributed by atoms with Gasteiger partial charge in [0.15, 0.2) is 5.82 Å². The minimum atomic E-state index is -4.62. The normalized spacial score (nSPS) is 12.7. The summed E-state index contributed by atoms with van der Waals surface area (Å²) in [6.07, 6.45) is -4.62. The summed E-state index contributed by atoms with van der Waals surface area (Å²) in [6, 6.07) is 3.34. The van der Waals surface area contributed by atoms with Gasteiger partial charge in [-0.25, -0.2) is 8.89 Å². The first-order chi connectivity index (χ1) is 11.6. The monoisotopic (exact) mass is 410 g/mol. The first-order valence-electron chi connectivity index (χ1n) is 6.81. The van der Waals surface area contributed by atoms with E-state index in [1.807, 2.05) is 6.07 Å². The van der Waals surface area contributed by atoms with Crippen LogP contribution < -0.4 is 4.72 Å². The third-order valence-electron chi connectivity index (χ3n) is 3.20. The van der Waals surface area contributed by atoms with E-state index < -0.39 is 22.7 Å². The van der Waals surface area contributed by atoms with E-state index >= 15 is 0 Å². The molecule has 0 amide bonds. The lowest BCUT2D eigenvalue weighted by Crippen LogP contribution is -2.13. The second kappa shape index (κ2) is 7.23. The summed E-state index contributed by atoms with van der Waals surface area (Å²) in [5, 5.41) is 12.8. The van der Waals surface area contributed by atoms with Gasteiger partial charge in [-0.3, -0.25) is 4.72 Å². The molecular weight excluding hydrogens is 400 g/mol. The van der Waals surface area contributed by atoms with Crippen LogP contribution in [0.3, 0.4) is 0 Å². The van der Waals surface area contributed by atoms with E-state index in [4.69, 9.17) is 23.2 Å². The summed E-state index contributed by atoms with van der Waals surface area (Å²) >= 11 is 12.0. The van der Waals surface area contributed by atoms with Gasteiger partial charge in [-0.2, -0.15) is 23.5 Å². The Labute approximate surface area is 153 Å².